The van der Waals surface area contributed by atoms with Gasteiger partial charge < -0.3 is 5.32 Å². The van der Waals surface area contributed by atoms with E-state index in [4.69, 9.17) is 11.6 Å². The summed E-state index contributed by atoms with van der Waals surface area (Å²) in [5, 5.41) is 3.81. The lowest BCUT2D eigenvalue weighted by Crippen LogP contribution is -2.43. The first-order valence-corrected chi connectivity index (χ1v) is 8.30. The average molecular weight is 326 g/mol. The second-order valence-electron chi connectivity index (χ2n) is 6.16. The van der Waals surface area contributed by atoms with Crippen LogP contribution in [0.2, 0.25) is 5.15 Å². The molecule has 1 N–H and O–H groups in total. The van der Waals surface area contributed by atoms with Crippen molar-refractivity contribution in [2.75, 3.05) is 31.6 Å². The van der Waals surface area contributed by atoms with Crippen LogP contribution < -0.4 is 5.32 Å². The van der Waals surface area contributed by atoms with Crippen LogP contribution in [0, 0.1) is 5.92 Å². The van der Waals surface area contributed by atoms with E-state index in [1.165, 1.54) is 0 Å². The highest BCUT2D eigenvalue weighted by Gasteiger charge is 2.32. The second-order valence-corrected chi connectivity index (χ2v) is 6.55. The van der Waals surface area contributed by atoms with Gasteiger partial charge in [0.25, 0.3) is 0 Å². The third-order valence-electron chi connectivity index (χ3n) is 4.35. The molecule has 120 valence electrons. The number of anilines is 1. The molecule has 1 unspecified atom stereocenters. The normalized spacial score (nSPS) is 22.5. The van der Waals surface area contributed by atoms with Gasteiger partial charge in [0.15, 0.2) is 5.78 Å². The smallest absolute Gasteiger partial charge is 0.169 e. The number of hydrogen-bond acceptors (Lipinski definition) is 4. The van der Waals surface area contributed by atoms with Gasteiger partial charge in [-0.3, -0.25) is 9.69 Å². The predicted molar refractivity (Wildman–Crippen MR) is 85.4 cm³/mol. The van der Waals surface area contributed by atoms with E-state index >= 15 is 0 Å². The highest BCUT2D eigenvalue weighted by Crippen LogP contribution is 2.35. The number of rotatable bonds is 6. The quantitative estimate of drug-likeness (QED) is 0.644. The zero-order valence-electron chi connectivity index (χ0n) is 12.5. The molecular formula is C16H21ClFN3O. The van der Waals surface area contributed by atoms with E-state index in [-0.39, 0.29) is 24.4 Å². The number of aromatic nitrogens is 1. The Morgan fingerprint density at radius 3 is 3.00 bits per heavy atom. The lowest BCUT2D eigenvalue weighted by Gasteiger charge is -2.33. The maximum atomic E-state index is 12.5. The number of Topliss-reactive ketones (excluding diaryl/α,β-unsaturated/α-hetero) is 1. The number of likely N-dealkylation sites (tertiary alicyclic amines) is 1. The van der Waals surface area contributed by atoms with Crippen molar-refractivity contribution in [3.8, 4) is 0 Å². The first-order valence-electron chi connectivity index (χ1n) is 7.92. The second kappa shape index (κ2) is 6.92. The molecule has 0 bridgehead atoms. The Bertz CT molecular complexity index is 548. The number of nitrogens with zero attached hydrogens (tertiary/aromatic N) is 2. The van der Waals surface area contributed by atoms with Gasteiger partial charge in [0, 0.05) is 36.9 Å². The van der Waals surface area contributed by atoms with Gasteiger partial charge in [-0.2, -0.15) is 0 Å². The molecule has 0 spiro atoms. The standard InChI is InChI=1S/C16H21ClFN3O/c17-15-8-14(13(9-19-15)16(22)11-3-4-11)20-12-2-1-6-21(10-12)7-5-18/h8-9,11-12H,1-7,10H2,(H,19,20). The van der Waals surface area contributed by atoms with Crippen molar-refractivity contribution in [2.24, 2.45) is 5.92 Å². The Morgan fingerprint density at radius 1 is 1.45 bits per heavy atom. The lowest BCUT2D eigenvalue weighted by molar-refractivity contribution is 0.0968. The SMILES string of the molecule is O=C(c1cnc(Cl)cc1NC1CCCN(CCF)C1)C1CC1. The van der Waals surface area contributed by atoms with Gasteiger partial charge >= 0.3 is 0 Å². The Morgan fingerprint density at radius 2 is 2.27 bits per heavy atom. The van der Waals surface area contributed by atoms with Crippen molar-refractivity contribution in [3.63, 3.8) is 0 Å². The molecule has 1 aliphatic carbocycles. The van der Waals surface area contributed by atoms with Crippen molar-refractivity contribution >= 4 is 23.1 Å². The van der Waals surface area contributed by atoms with E-state index in [1.807, 2.05) is 0 Å². The Kier molecular flexibility index (Phi) is 4.93. The summed E-state index contributed by atoms with van der Waals surface area (Å²) in [5.41, 5.74) is 1.40. The highest BCUT2D eigenvalue weighted by atomic mass is 35.5. The monoisotopic (exact) mass is 325 g/mol. The van der Waals surface area contributed by atoms with Crippen LogP contribution in [0.5, 0.6) is 0 Å². The Balaban J connectivity index is 1.73. The largest absolute Gasteiger partial charge is 0.380 e. The first kappa shape index (κ1) is 15.7. The topological polar surface area (TPSA) is 45.2 Å². The molecule has 1 aliphatic heterocycles. The van der Waals surface area contributed by atoms with Gasteiger partial charge in [0.05, 0.1) is 5.56 Å². The number of ketones is 1. The number of hydrogen-bond donors (Lipinski definition) is 1. The number of pyridine rings is 1. The summed E-state index contributed by atoms with van der Waals surface area (Å²) >= 11 is 5.99. The maximum Gasteiger partial charge on any atom is 0.169 e. The molecule has 6 heteroatoms. The van der Waals surface area contributed by atoms with Crippen LogP contribution in [-0.4, -0.2) is 48.0 Å². The van der Waals surface area contributed by atoms with E-state index in [0.29, 0.717) is 17.3 Å². The minimum Gasteiger partial charge on any atom is -0.380 e. The molecule has 22 heavy (non-hydrogen) atoms. The summed E-state index contributed by atoms with van der Waals surface area (Å²) in [4.78, 5) is 18.5. The Hall–Kier alpha value is -1.20. The number of piperidine rings is 1. The van der Waals surface area contributed by atoms with Crippen LogP contribution in [0.3, 0.4) is 0 Å². The summed E-state index contributed by atoms with van der Waals surface area (Å²) in [6.45, 7) is 1.89. The lowest BCUT2D eigenvalue weighted by atomic mass is 10.0. The molecule has 1 aromatic rings. The molecule has 0 aromatic carbocycles. The zero-order chi connectivity index (χ0) is 15.5. The minimum atomic E-state index is -0.320. The summed E-state index contributed by atoms with van der Waals surface area (Å²) in [7, 11) is 0. The Labute approximate surface area is 135 Å². The third kappa shape index (κ3) is 3.76. The number of carbonyl (C=O) groups excluding carboxylic acids is 1. The van der Waals surface area contributed by atoms with Crippen molar-refractivity contribution in [1.29, 1.82) is 0 Å². The molecule has 1 saturated heterocycles. The average Bonchev–Trinajstić information content (AvgIpc) is 3.32. The van der Waals surface area contributed by atoms with E-state index in [1.54, 1.807) is 12.3 Å². The molecule has 1 atom stereocenters. The van der Waals surface area contributed by atoms with Crippen LogP contribution in [0.25, 0.3) is 0 Å². The van der Waals surface area contributed by atoms with Gasteiger partial charge in [0.1, 0.15) is 11.8 Å². The first-order chi connectivity index (χ1) is 10.7. The molecule has 4 nitrogen and oxygen atoms in total. The molecule has 2 heterocycles. The maximum absolute atomic E-state index is 12.5. The fourth-order valence-electron chi connectivity index (χ4n) is 3.03. The number of nitrogens with one attached hydrogen (secondary N) is 1. The molecule has 1 saturated carbocycles. The number of carbonyl (C=O) groups is 1. The van der Waals surface area contributed by atoms with Gasteiger partial charge in [-0.25, -0.2) is 9.37 Å². The van der Waals surface area contributed by atoms with Crippen molar-refractivity contribution in [2.45, 2.75) is 31.7 Å². The van der Waals surface area contributed by atoms with Crippen LogP contribution in [0.4, 0.5) is 10.1 Å². The molecule has 2 aliphatic rings. The third-order valence-corrected chi connectivity index (χ3v) is 4.56. The molecule has 0 radical (unpaired) electrons. The van der Waals surface area contributed by atoms with Gasteiger partial charge in [-0.05, 0) is 38.3 Å². The molecular weight excluding hydrogens is 305 g/mol. The van der Waals surface area contributed by atoms with Gasteiger partial charge in [-0.15, -0.1) is 0 Å². The summed E-state index contributed by atoms with van der Waals surface area (Å²) in [6, 6.07) is 1.94. The number of alkyl halides is 1. The van der Waals surface area contributed by atoms with E-state index < -0.39 is 0 Å². The van der Waals surface area contributed by atoms with Crippen LogP contribution >= 0.6 is 11.6 Å². The molecule has 2 fully saturated rings. The summed E-state index contributed by atoms with van der Waals surface area (Å²) < 4.78 is 12.5. The van der Waals surface area contributed by atoms with Crippen molar-refractivity contribution in [3.05, 3.63) is 23.0 Å². The predicted octanol–water partition coefficient (Wildman–Crippen LogP) is 3.17. The van der Waals surface area contributed by atoms with Crippen molar-refractivity contribution < 1.29 is 9.18 Å². The fourth-order valence-corrected chi connectivity index (χ4v) is 3.18. The van der Waals surface area contributed by atoms with E-state index in [2.05, 4.69) is 15.2 Å². The van der Waals surface area contributed by atoms with Gasteiger partial charge in [0.2, 0.25) is 0 Å². The van der Waals surface area contributed by atoms with Crippen LogP contribution in [0.1, 0.15) is 36.0 Å². The van der Waals surface area contributed by atoms with Crippen LogP contribution in [-0.2, 0) is 0 Å². The van der Waals surface area contributed by atoms with Crippen molar-refractivity contribution in [1.82, 2.24) is 9.88 Å². The number of halogens is 2. The summed E-state index contributed by atoms with van der Waals surface area (Å²) in [5.74, 6) is 0.306. The van der Waals surface area contributed by atoms with Crippen LogP contribution in [0.15, 0.2) is 12.3 Å². The van der Waals surface area contributed by atoms with Gasteiger partial charge in [-0.1, -0.05) is 11.6 Å². The fraction of sp³-hybridized carbons (Fsp3) is 0.625. The van der Waals surface area contributed by atoms with E-state index in [9.17, 15) is 9.18 Å². The minimum absolute atomic E-state index is 0.151. The summed E-state index contributed by atoms with van der Waals surface area (Å²) in [6.07, 6.45) is 5.55. The highest BCUT2D eigenvalue weighted by molar-refractivity contribution is 6.29. The zero-order valence-corrected chi connectivity index (χ0v) is 13.3. The van der Waals surface area contributed by atoms with E-state index in [0.717, 1.165) is 44.5 Å². The molecule has 1 aromatic heterocycles. The molecule has 3 rings (SSSR count). The molecule has 0 amide bonds.